The molecular weight excluding hydrogens is 220 g/mol. The minimum atomic E-state index is -0.108. The van der Waals surface area contributed by atoms with Crippen LogP contribution in [0.5, 0.6) is 0 Å². The van der Waals surface area contributed by atoms with E-state index in [4.69, 9.17) is 9.84 Å². The van der Waals surface area contributed by atoms with Crippen LogP contribution in [0.4, 0.5) is 4.79 Å². The van der Waals surface area contributed by atoms with E-state index in [-0.39, 0.29) is 18.8 Å². The first-order chi connectivity index (χ1) is 8.28. The van der Waals surface area contributed by atoms with Crippen LogP contribution >= 0.6 is 0 Å². The van der Waals surface area contributed by atoms with Crippen molar-refractivity contribution in [2.24, 2.45) is 0 Å². The van der Waals surface area contributed by atoms with Gasteiger partial charge < -0.3 is 9.84 Å². The van der Waals surface area contributed by atoms with Crippen molar-refractivity contribution in [2.45, 2.75) is 43.9 Å². The van der Waals surface area contributed by atoms with E-state index >= 15 is 0 Å². The monoisotopic (exact) mass is 240 g/mol. The molecular formula is C12H20N2O3. The van der Waals surface area contributed by atoms with Crippen LogP contribution in [0.2, 0.25) is 0 Å². The maximum Gasteiger partial charge on any atom is 0.410 e. The van der Waals surface area contributed by atoms with Crippen molar-refractivity contribution in [2.75, 3.05) is 26.2 Å². The summed E-state index contributed by atoms with van der Waals surface area (Å²) in [6.45, 7) is 2.69. The molecule has 0 aromatic rings. The second kappa shape index (κ2) is 4.46. The number of nitrogens with zero attached hydrogens (tertiary/aromatic N) is 2. The highest BCUT2D eigenvalue weighted by atomic mass is 16.6. The van der Waals surface area contributed by atoms with Gasteiger partial charge in [0.25, 0.3) is 0 Å². The average molecular weight is 240 g/mol. The summed E-state index contributed by atoms with van der Waals surface area (Å²) in [5.41, 5.74) is 0. The molecule has 0 aromatic carbocycles. The smallest absolute Gasteiger partial charge is 0.410 e. The number of rotatable bonds is 3. The lowest BCUT2D eigenvalue weighted by atomic mass is 10.2. The summed E-state index contributed by atoms with van der Waals surface area (Å²) in [5, 5.41) is 8.97. The van der Waals surface area contributed by atoms with Crippen molar-refractivity contribution in [3.05, 3.63) is 0 Å². The van der Waals surface area contributed by atoms with E-state index in [2.05, 4.69) is 4.90 Å². The molecule has 2 bridgehead atoms. The van der Waals surface area contributed by atoms with Crippen molar-refractivity contribution >= 4 is 6.09 Å². The highest BCUT2D eigenvalue weighted by Gasteiger charge is 2.44. The van der Waals surface area contributed by atoms with Crippen molar-refractivity contribution in [1.82, 2.24) is 9.80 Å². The first-order valence-electron chi connectivity index (χ1n) is 6.60. The Kier molecular flexibility index (Phi) is 2.96. The van der Waals surface area contributed by atoms with Crippen LogP contribution in [0.15, 0.2) is 0 Å². The predicted octanol–water partition coefficient (Wildman–Crippen LogP) is 0.426. The minimum absolute atomic E-state index is 0.108. The van der Waals surface area contributed by atoms with E-state index in [9.17, 15) is 4.79 Å². The van der Waals surface area contributed by atoms with E-state index in [1.807, 2.05) is 4.90 Å². The van der Waals surface area contributed by atoms with Gasteiger partial charge in [0, 0.05) is 31.7 Å². The number of carbonyl (C=O) groups is 1. The summed E-state index contributed by atoms with van der Waals surface area (Å²) < 4.78 is 5.40. The van der Waals surface area contributed by atoms with E-state index < -0.39 is 0 Å². The Labute approximate surface area is 101 Å². The number of carbonyl (C=O) groups excluding carboxylic acids is 1. The molecule has 96 valence electrons. The zero-order valence-electron chi connectivity index (χ0n) is 10.0. The fourth-order valence-electron chi connectivity index (χ4n) is 3.00. The molecule has 5 nitrogen and oxygen atoms in total. The first kappa shape index (κ1) is 11.3. The van der Waals surface area contributed by atoms with Crippen molar-refractivity contribution < 1.29 is 14.6 Å². The Morgan fingerprint density at radius 2 is 1.82 bits per heavy atom. The van der Waals surface area contributed by atoms with Gasteiger partial charge in [0.15, 0.2) is 0 Å². The van der Waals surface area contributed by atoms with E-state index in [1.54, 1.807) is 0 Å². The first-order valence-corrected chi connectivity index (χ1v) is 6.60. The third-order valence-electron chi connectivity index (χ3n) is 3.98. The number of fused-ring (bicyclic) bond motifs is 2. The van der Waals surface area contributed by atoms with Gasteiger partial charge in [0.2, 0.25) is 0 Å². The van der Waals surface area contributed by atoms with Crippen LogP contribution in [-0.2, 0) is 4.74 Å². The lowest BCUT2D eigenvalue weighted by Gasteiger charge is -2.40. The number of amides is 1. The molecule has 1 N–H and O–H groups in total. The molecule has 1 saturated carbocycles. The molecule has 1 aliphatic carbocycles. The molecule has 2 saturated heterocycles. The molecule has 0 radical (unpaired) electrons. The molecule has 3 rings (SSSR count). The Morgan fingerprint density at radius 3 is 2.35 bits per heavy atom. The highest BCUT2D eigenvalue weighted by Crippen LogP contribution is 2.32. The van der Waals surface area contributed by atoms with Gasteiger partial charge >= 0.3 is 6.09 Å². The molecule has 0 aromatic heterocycles. The normalized spacial score (nSPS) is 32.9. The van der Waals surface area contributed by atoms with Gasteiger partial charge in [-0.15, -0.1) is 0 Å². The number of hydrogen-bond donors (Lipinski definition) is 1. The number of ether oxygens (including phenoxy) is 1. The Bertz CT molecular complexity index is 292. The quantitative estimate of drug-likeness (QED) is 0.777. The minimum Gasteiger partial charge on any atom is -0.446 e. The average Bonchev–Trinajstić information content (AvgIpc) is 3.05. The number of aliphatic hydroxyl groups is 1. The number of β-amino-alcohol motifs (C(OH)–C–C–N with tert-alkyl or cyclic N) is 1. The standard InChI is InChI=1S/C12H20N2O3/c15-6-5-13-7-9-1-2-10(8-13)14(9)12(16)17-11-3-4-11/h9-11,15H,1-8H2. The molecule has 3 fully saturated rings. The van der Waals surface area contributed by atoms with E-state index in [1.165, 1.54) is 0 Å². The largest absolute Gasteiger partial charge is 0.446 e. The van der Waals surface area contributed by atoms with Crippen molar-refractivity contribution in [1.29, 1.82) is 0 Å². The molecule has 3 aliphatic rings. The van der Waals surface area contributed by atoms with Crippen LogP contribution in [0.1, 0.15) is 25.7 Å². The van der Waals surface area contributed by atoms with Gasteiger partial charge in [0.1, 0.15) is 6.10 Å². The molecule has 2 unspecified atom stereocenters. The summed E-state index contributed by atoms with van der Waals surface area (Å²) in [6, 6.07) is 0.595. The van der Waals surface area contributed by atoms with Crippen molar-refractivity contribution in [3.8, 4) is 0 Å². The summed E-state index contributed by atoms with van der Waals surface area (Å²) in [6.07, 6.45) is 4.30. The SMILES string of the molecule is O=C(OC1CC1)N1C2CCC1CN(CCO)C2. The maximum absolute atomic E-state index is 12.0. The fourth-order valence-corrected chi connectivity index (χ4v) is 3.00. The molecule has 2 heterocycles. The third kappa shape index (κ3) is 2.26. The number of aliphatic hydroxyl groups excluding tert-OH is 1. The summed E-state index contributed by atoms with van der Waals surface area (Å²) in [4.78, 5) is 16.2. The lowest BCUT2D eigenvalue weighted by Crippen LogP contribution is -2.56. The molecule has 17 heavy (non-hydrogen) atoms. The maximum atomic E-state index is 12.0. The second-order valence-corrected chi connectivity index (χ2v) is 5.36. The van der Waals surface area contributed by atoms with Crippen LogP contribution < -0.4 is 0 Å². The molecule has 5 heteroatoms. The molecule has 0 spiro atoms. The van der Waals surface area contributed by atoms with Gasteiger partial charge in [0.05, 0.1) is 6.61 Å². The zero-order valence-corrected chi connectivity index (χ0v) is 10.0. The van der Waals surface area contributed by atoms with Crippen LogP contribution in [0.25, 0.3) is 0 Å². The topological polar surface area (TPSA) is 53.0 Å². The van der Waals surface area contributed by atoms with Crippen molar-refractivity contribution in [3.63, 3.8) is 0 Å². The van der Waals surface area contributed by atoms with E-state index in [0.29, 0.717) is 12.1 Å². The highest BCUT2D eigenvalue weighted by molar-refractivity contribution is 5.69. The Morgan fingerprint density at radius 1 is 1.18 bits per heavy atom. The van der Waals surface area contributed by atoms with Gasteiger partial charge in [-0.05, 0) is 25.7 Å². The van der Waals surface area contributed by atoms with Gasteiger partial charge in [-0.25, -0.2) is 4.79 Å². The molecule has 1 amide bonds. The summed E-state index contributed by atoms with van der Waals surface area (Å²) in [5.74, 6) is 0. The van der Waals surface area contributed by atoms with Gasteiger partial charge in [-0.3, -0.25) is 9.80 Å². The summed E-state index contributed by atoms with van der Waals surface area (Å²) in [7, 11) is 0. The fraction of sp³-hybridized carbons (Fsp3) is 0.917. The van der Waals surface area contributed by atoms with E-state index in [0.717, 1.165) is 45.3 Å². The zero-order chi connectivity index (χ0) is 11.8. The number of likely N-dealkylation sites (tertiary alicyclic amines) is 1. The Balaban J connectivity index is 1.61. The molecule has 2 atom stereocenters. The van der Waals surface area contributed by atoms with Gasteiger partial charge in [-0.1, -0.05) is 0 Å². The number of hydrogen-bond acceptors (Lipinski definition) is 4. The predicted molar refractivity (Wildman–Crippen MR) is 61.7 cm³/mol. The molecule has 2 aliphatic heterocycles. The Hall–Kier alpha value is -0.810. The second-order valence-electron chi connectivity index (χ2n) is 5.36. The van der Waals surface area contributed by atoms with Gasteiger partial charge in [-0.2, -0.15) is 0 Å². The third-order valence-corrected chi connectivity index (χ3v) is 3.98. The van der Waals surface area contributed by atoms with Crippen LogP contribution in [0.3, 0.4) is 0 Å². The van der Waals surface area contributed by atoms with Crippen LogP contribution in [-0.4, -0.2) is 65.4 Å². The van der Waals surface area contributed by atoms with Crippen LogP contribution in [0, 0.1) is 0 Å². The number of piperazine rings is 1. The summed E-state index contributed by atoms with van der Waals surface area (Å²) >= 11 is 0. The lowest BCUT2D eigenvalue weighted by molar-refractivity contribution is 0.0338.